The Labute approximate surface area is 285 Å². The fraction of sp³-hybridized carbons (Fsp3) is 0.0909. The van der Waals surface area contributed by atoms with Crippen LogP contribution in [0.3, 0.4) is 0 Å². The Bertz CT molecular complexity index is 2460. The Morgan fingerprint density at radius 3 is 1.73 bits per heavy atom. The molecule has 0 bridgehead atoms. The molecule has 0 N–H and O–H groups in total. The Balaban J connectivity index is 1.40. The van der Waals surface area contributed by atoms with Crippen LogP contribution in [0.1, 0.15) is 31.9 Å². The van der Waals surface area contributed by atoms with Crippen LogP contribution in [0.15, 0.2) is 146 Å². The van der Waals surface area contributed by atoms with Crippen LogP contribution >= 0.6 is 0 Å². The molecule has 0 atom stereocenters. The highest BCUT2D eigenvalue weighted by atomic mass is 15.0. The van der Waals surface area contributed by atoms with Gasteiger partial charge in [-0.1, -0.05) is 124 Å². The fourth-order valence-electron chi connectivity index (χ4n) is 6.47. The van der Waals surface area contributed by atoms with Crippen molar-refractivity contribution in [2.45, 2.75) is 26.2 Å². The fourth-order valence-corrected chi connectivity index (χ4v) is 6.47. The molecule has 0 aliphatic carbocycles. The lowest BCUT2D eigenvalue weighted by atomic mass is 9.86. The van der Waals surface area contributed by atoms with Gasteiger partial charge in [-0.3, -0.25) is 0 Å². The first-order chi connectivity index (χ1) is 23.9. The number of benzene rings is 6. The molecule has 49 heavy (non-hydrogen) atoms. The number of nitriles is 1. The van der Waals surface area contributed by atoms with Crippen LogP contribution in [-0.4, -0.2) is 19.5 Å². The summed E-state index contributed by atoms with van der Waals surface area (Å²) >= 11 is 0. The number of hydrogen-bond donors (Lipinski definition) is 0. The van der Waals surface area contributed by atoms with Crippen LogP contribution in [-0.2, 0) is 5.41 Å². The van der Waals surface area contributed by atoms with Gasteiger partial charge >= 0.3 is 0 Å². The molecule has 0 unspecified atom stereocenters. The van der Waals surface area contributed by atoms with Gasteiger partial charge in [0.15, 0.2) is 17.5 Å². The van der Waals surface area contributed by atoms with Crippen LogP contribution in [0.2, 0.25) is 0 Å². The molecule has 0 aliphatic heterocycles. The molecule has 8 aromatic rings. The van der Waals surface area contributed by atoms with Crippen molar-refractivity contribution in [3.8, 4) is 57.0 Å². The third-order valence-electron chi connectivity index (χ3n) is 9.07. The zero-order chi connectivity index (χ0) is 33.5. The van der Waals surface area contributed by atoms with Crippen molar-refractivity contribution >= 4 is 21.8 Å². The summed E-state index contributed by atoms with van der Waals surface area (Å²) in [5, 5.41) is 12.0. The summed E-state index contributed by atoms with van der Waals surface area (Å²) in [4.78, 5) is 15.1. The van der Waals surface area contributed by atoms with E-state index < -0.39 is 0 Å². The monoisotopic (exact) mass is 631 g/mol. The van der Waals surface area contributed by atoms with Crippen molar-refractivity contribution < 1.29 is 0 Å². The molecule has 6 aromatic carbocycles. The number of aromatic nitrogens is 4. The maximum absolute atomic E-state index is 9.58. The quantitative estimate of drug-likeness (QED) is 0.190. The average molecular weight is 632 g/mol. The van der Waals surface area contributed by atoms with Crippen LogP contribution < -0.4 is 0 Å². The first kappa shape index (κ1) is 30.0. The molecule has 8 rings (SSSR count). The van der Waals surface area contributed by atoms with Gasteiger partial charge in [0.05, 0.1) is 22.7 Å². The molecule has 0 fully saturated rings. The van der Waals surface area contributed by atoms with Gasteiger partial charge in [0.25, 0.3) is 0 Å². The highest BCUT2D eigenvalue weighted by molar-refractivity contribution is 6.09. The topological polar surface area (TPSA) is 67.4 Å². The van der Waals surface area contributed by atoms with E-state index in [0.717, 1.165) is 44.5 Å². The molecular weight excluding hydrogens is 599 g/mol. The Morgan fingerprint density at radius 1 is 0.510 bits per heavy atom. The van der Waals surface area contributed by atoms with Crippen LogP contribution in [0.25, 0.3) is 72.8 Å². The summed E-state index contributed by atoms with van der Waals surface area (Å²) in [5.41, 5.74) is 9.85. The molecule has 2 heterocycles. The molecule has 0 saturated heterocycles. The van der Waals surface area contributed by atoms with E-state index in [4.69, 9.17) is 15.0 Å². The van der Waals surface area contributed by atoms with Gasteiger partial charge in [0.2, 0.25) is 0 Å². The summed E-state index contributed by atoms with van der Waals surface area (Å²) in [6.45, 7) is 6.75. The van der Waals surface area contributed by atoms with Crippen molar-refractivity contribution in [2.24, 2.45) is 0 Å². The summed E-state index contributed by atoms with van der Waals surface area (Å²) in [7, 11) is 0. The second-order valence-electron chi connectivity index (χ2n) is 13.3. The highest BCUT2D eigenvalue weighted by Crippen LogP contribution is 2.39. The number of nitrogens with zero attached hydrogens (tertiary/aromatic N) is 5. The van der Waals surface area contributed by atoms with Gasteiger partial charge in [-0.05, 0) is 64.6 Å². The molecule has 0 spiro atoms. The molecule has 5 heteroatoms. The van der Waals surface area contributed by atoms with E-state index in [0.29, 0.717) is 23.0 Å². The minimum Gasteiger partial charge on any atom is -0.309 e. The summed E-state index contributed by atoms with van der Waals surface area (Å²) in [6.07, 6.45) is 0. The van der Waals surface area contributed by atoms with Crippen LogP contribution in [0, 0.1) is 11.3 Å². The van der Waals surface area contributed by atoms with Crippen molar-refractivity contribution in [1.29, 1.82) is 5.26 Å². The van der Waals surface area contributed by atoms with Gasteiger partial charge in [-0.15, -0.1) is 0 Å². The molecule has 0 radical (unpaired) electrons. The molecule has 5 nitrogen and oxygen atoms in total. The second kappa shape index (κ2) is 12.0. The predicted octanol–water partition coefficient (Wildman–Crippen LogP) is 10.8. The lowest BCUT2D eigenvalue weighted by Crippen LogP contribution is -2.10. The van der Waals surface area contributed by atoms with Crippen LogP contribution in [0.4, 0.5) is 0 Å². The Morgan fingerprint density at radius 2 is 1.10 bits per heavy atom. The summed E-state index contributed by atoms with van der Waals surface area (Å²) in [5.74, 6) is 1.80. The molecule has 234 valence electrons. The average Bonchev–Trinajstić information content (AvgIpc) is 3.48. The van der Waals surface area contributed by atoms with Gasteiger partial charge in [-0.2, -0.15) is 5.26 Å². The van der Waals surface area contributed by atoms with Gasteiger partial charge in [0.1, 0.15) is 0 Å². The lowest BCUT2D eigenvalue weighted by molar-refractivity contribution is 0.591. The minimum absolute atomic E-state index is 0.00140. The number of rotatable bonds is 5. The molecule has 2 aromatic heterocycles. The SMILES string of the molecule is CC(C)(C)c1ccc2c3ccccc3n(-c3ccc(-c4nc(-c5ccccc5)nc(-c5ccccc5)n4)c(-c4ccc(C#N)cc4)c3)c2c1. The number of para-hydroxylation sites is 1. The Kier molecular flexibility index (Phi) is 7.35. The van der Waals surface area contributed by atoms with E-state index in [1.54, 1.807) is 0 Å². The van der Waals surface area contributed by atoms with Crippen molar-refractivity contribution in [1.82, 2.24) is 19.5 Å². The van der Waals surface area contributed by atoms with Crippen LogP contribution in [0.5, 0.6) is 0 Å². The Hall–Kier alpha value is -6.38. The van der Waals surface area contributed by atoms with Gasteiger partial charge in [0, 0.05) is 33.2 Å². The first-order valence-corrected chi connectivity index (χ1v) is 16.4. The maximum atomic E-state index is 9.58. The van der Waals surface area contributed by atoms with E-state index in [1.165, 1.54) is 16.3 Å². The maximum Gasteiger partial charge on any atom is 0.164 e. The molecular formula is C44H33N5. The minimum atomic E-state index is -0.00140. The molecule has 0 saturated carbocycles. The van der Waals surface area contributed by atoms with Crippen molar-refractivity contribution in [3.63, 3.8) is 0 Å². The standard InChI is InChI=1S/C44H33N5/c1-44(2,3)33-22-24-36-35-16-10-11-17-39(35)49(40(36)26-33)34-23-25-37(38(27-34)30-20-18-29(28-45)19-21-30)43-47-41(31-12-6-4-7-13-31)46-42(48-43)32-14-8-5-9-15-32/h4-27H,1-3H3. The first-order valence-electron chi connectivity index (χ1n) is 16.4. The van der Waals surface area contributed by atoms with E-state index in [-0.39, 0.29) is 5.41 Å². The van der Waals surface area contributed by atoms with Crippen molar-refractivity contribution in [2.75, 3.05) is 0 Å². The molecule has 0 amide bonds. The third-order valence-corrected chi connectivity index (χ3v) is 9.07. The zero-order valence-electron chi connectivity index (χ0n) is 27.6. The number of hydrogen-bond acceptors (Lipinski definition) is 4. The normalized spacial score (nSPS) is 11.6. The van der Waals surface area contributed by atoms with E-state index >= 15 is 0 Å². The van der Waals surface area contributed by atoms with E-state index in [9.17, 15) is 5.26 Å². The zero-order valence-corrected chi connectivity index (χ0v) is 27.6. The third kappa shape index (κ3) is 5.54. The summed E-state index contributed by atoms with van der Waals surface area (Å²) in [6, 6.07) is 51.9. The van der Waals surface area contributed by atoms with Gasteiger partial charge < -0.3 is 4.57 Å². The molecule has 0 aliphatic rings. The number of fused-ring (bicyclic) bond motifs is 3. The predicted molar refractivity (Wildman–Crippen MR) is 199 cm³/mol. The highest BCUT2D eigenvalue weighted by Gasteiger charge is 2.21. The lowest BCUT2D eigenvalue weighted by Gasteiger charge is -2.20. The van der Waals surface area contributed by atoms with Gasteiger partial charge in [-0.25, -0.2) is 15.0 Å². The van der Waals surface area contributed by atoms with E-state index in [2.05, 4.69) is 92.1 Å². The second-order valence-corrected chi connectivity index (χ2v) is 13.3. The largest absolute Gasteiger partial charge is 0.309 e. The smallest absolute Gasteiger partial charge is 0.164 e. The van der Waals surface area contributed by atoms with E-state index in [1.807, 2.05) is 84.9 Å². The van der Waals surface area contributed by atoms with Crippen molar-refractivity contribution in [3.05, 3.63) is 157 Å². The summed E-state index contributed by atoms with van der Waals surface area (Å²) < 4.78 is 2.36.